The monoisotopic (exact) mass is 254 g/mol. The number of aryl methyl sites for hydroxylation is 1. The summed E-state index contributed by atoms with van der Waals surface area (Å²) in [4.78, 5) is 0. The summed E-state index contributed by atoms with van der Waals surface area (Å²) in [5.74, 6) is -0.0835. The molecule has 1 nitrogen and oxygen atoms in total. The molecule has 0 fully saturated rings. The van der Waals surface area contributed by atoms with Gasteiger partial charge in [-0.25, -0.2) is 4.39 Å². The summed E-state index contributed by atoms with van der Waals surface area (Å²) in [6.45, 7) is 1.84. The topological polar surface area (TPSA) is 20.2 Å². The zero-order chi connectivity index (χ0) is 10.3. The number of phenols is 1. The molecule has 0 aliphatic carbocycles. The maximum Gasteiger partial charge on any atom is 0.138 e. The van der Waals surface area contributed by atoms with Crippen molar-refractivity contribution >= 4 is 26.7 Å². The molecule has 1 N–H and O–H groups in total. The molecule has 14 heavy (non-hydrogen) atoms. The number of aromatic hydroxyl groups is 1. The van der Waals surface area contributed by atoms with Crippen LogP contribution in [0.3, 0.4) is 0 Å². The minimum absolute atomic E-state index is 0.202. The highest BCUT2D eigenvalue weighted by atomic mass is 79.9. The van der Waals surface area contributed by atoms with E-state index in [0.717, 1.165) is 16.3 Å². The first-order valence-corrected chi connectivity index (χ1v) is 4.96. The molecule has 0 unspecified atom stereocenters. The van der Waals surface area contributed by atoms with E-state index in [9.17, 15) is 9.50 Å². The van der Waals surface area contributed by atoms with Crippen molar-refractivity contribution in [2.75, 3.05) is 0 Å². The molecule has 3 heteroatoms. The Balaban J connectivity index is 2.95. The van der Waals surface area contributed by atoms with Gasteiger partial charge in [-0.05, 0) is 52.0 Å². The van der Waals surface area contributed by atoms with Gasteiger partial charge in [-0.3, -0.25) is 0 Å². The van der Waals surface area contributed by atoms with E-state index in [1.165, 1.54) is 6.07 Å². The molecule has 0 saturated carbocycles. The number of fused-ring (bicyclic) bond motifs is 1. The molecular weight excluding hydrogens is 247 g/mol. The predicted octanol–water partition coefficient (Wildman–Crippen LogP) is 3.76. The van der Waals surface area contributed by atoms with Crippen molar-refractivity contribution in [2.24, 2.45) is 0 Å². The molecule has 0 spiro atoms. The van der Waals surface area contributed by atoms with Gasteiger partial charge in [-0.1, -0.05) is 6.07 Å². The normalized spacial score (nSPS) is 10.8. The van der Waals surface area contributed by atoms with E-state index in [4.69, 9.17) is 0 Å². The van der Waals surface area contributed by atoms with Crippen LogP contribution in [-0.2, 0) is 0 Å². The quantitative estimate of drug-likeness (QED) is 0.759. The largest absolute Gasteiger partial charge is 0.508 e. The summed E-state index contributed by atoms with van der Waals surface area (Å²) < 4.78 is 13.7. The molecule has 0 radical (unpaired) electrons. The molecule has 0 bridgehead atoms. The Morgan fingerprint density at radius 3 is 2.71 bits per heavy atom. The lowest BCUT2D eigenvalue weighted by Gasteiger charge is -2.06. The summed E-state index contributed by atoms with van der Waals surface area (Å²) in [6.07, 6.45) is 0. The number of hydrogen-bond donors (Lipinski definition) is 1. The lowest BCUT2D eigenvalue weighted by atomic mass is 10.1. The van der Waals surface area contributed by atoms with Gasteiger partial charge in [0.05, 0.1) is 4.47 Å². The van der Waals surface area contributed by atoms with E-state index in [1.54, 1.807) is 18.2 Å². The third-order valence-corrected chi connectivity index (χ3v) is 2.96. The Kier molecular flexibility index (Phi) is 2.19. The van der Waals surface area contributed by atoms with E-state index in [2.05, 4.69) is 15.9 Å². The highest BCUT2D eigenvalue weighted by Gasteiger charge is 2.07. The molecular formula is C11H8BrFO. The minimum atomic E-state index is -0.286. The van der Waals surface area contributed by atoms with E-state index >= 15 is 0 Å². The average Bonchev–Trinajstić information content (AvgIpc) is 2.10. The van der Waals surface area contributed by atoms with Crippen LogP contribution < -0.4 is 0 Å². The molecule has 0 saturated heterocycles. The maximum absolute atomic E-state index is 13.2. The van der Waals surface area contributed by atoms with Crippen LogP contribution in [0.4, 0.5) is 4.39 Å². The van der Waals surface area contributed by atoms with E-state index < -0.39 is 0 Å². The Bertz CT molecular complexity index is 508. The van der Waals surface area contributed by atoms with Crippen LogP contribution in [0.15, 0.2) is 28.7 Å². The zero-order valence-corrected chi connectivity index (χ0v) is 9.10. The molecule has 72 valence electrons. The fourth-order valence-corrected chi connectivity index (χ4v) is 2.26. The summed E-state index contributed by atoms with van der Waals surface area (Å²) in [5, 5.41) is 11.0. The molecule has 2 aromatic carbocycles. The van der Waals surface area contributed by atoms with Crippen LogP contribution in [0, 0.1) is 12.7 Å². The molecule has 0 aliphatic rings. The SMILES string of the molecule is Cc1cc(O)cc2ccc(F)c(Br)c12. The molecule has 0 aliphatic heterocycles. The Hall–Kier alpha value is -1.09. The van der Waals surface area contributed by atoms with Gasteiger partial charge in [0.25, 0.3) is 0 Å². The fraction of sp³-hybridized carbons (Fsp3) is 0.0909. The van der Waals surface area contributed by atoms with Gasteiger partial charge in [0, 0.05) is 5.39 Å². The molecule has 2 aromatic rings. The first-order chi connectivity index (χ1) is 6.59. The highest BCUT2D eigenvalue weighted by molar-refractivity contribution is 9.10. The maximum atomic E-state index is 13.2. The van der Waals surface area contributed by atoms with Gasteiger partial charge in [0.1, 0.15) is 11.6 Å². The number of rotatable bonds is 0. The van der Waals surface area contributed by atoms with Crippen molar-refractivity contribution in [3.8, 4) is 5.75 Å². The van der Waals surface area contributed by atoms with Crippen molar-refractivity contribution in [1.82, 2.24) is 0 Å². The zero-order valence-electron chi connectivity index (χ0n) is 7.51. The van der Waals surface area contributed by atoms with E-state index in [1.807, 2.05) is 6.92 Å². The molecule has 0 heterocycles. The molecule has 0 amide bonds. The minimum Gasteiger partial charge on any atom is -0.508 e. The number of halogens is 2. The first-order valence-electron chi connectivity index (χ1n) is 4.17. The Morgan fingerprint density at radius 1 is 1.29 bits per heavy atom. The Labute approximate surface area is 89.3 Å². The predicted molar refractivity (Wildman–Crippen MR) is 58.0 cm³/mol. The van der Waals surface area contributed by atoms with Gasteiger partial charge >= 0.3 is 0 Å². The van der Waals surface area contributed by atoms with Crippen LogP contribution in [-0.4, -0.2) is 5.11 Å². The summed E-state index contributed by atoms with van der Waals surface area (Å²) >= 11 is 3.20. The van der Waals surface area contributed by atoms with Gasteiger partial charge in [-0.15, -0.1) is 0 Å². The lowest BCUT2D eigenvalue weighted by molar-refractivity contribution is 0.476. The van der Waals surface area contributed by atoms with Gasteiger partial charge < -0.3 is 5.11 Å². The second-order valence-corrected chi connectivity index (χ2v) is 4.02. The number of phenolic OH excluding ortho intramolecular Hbond substituents is 1. The van der Waals surface area contributed by atoms with E-state index in [-0.39, 0.29) is 11.6 Å². The second kappa shape index (κ2) is 3.24. The van der Waals surface area contributed by atoms with Crippen molar-refractivity contribution in [3.63, 3.8) is 0 Å². The number of hydrogen-bond acceptors (Lipinski definition) is 1. The fourth-order valence-electron chi connectivity index (χ4n) is 1.58. The molecule has 2 rings (SSSR count). The first kappa shape index (κ1) is 9.46. The number of benzene rings is 2. The smallest absolute Gasteiger partial charge is 0.138 e. The van der Waals surface area contributed by atoms with Gasteiger partial charge in [0.15, 0.2) is 0 Å². The van der Waals surface area contributed by atoms with Gasteiger partial charge in [0.2, 0.25) is 0 Å². The standard InChI is InChI=1S/C11H8BrFO/c1-6-4-8(14)5-7-2-3-9(13)11(12)10(6)7/h2-5,14H,1H3. The summed E-state index contributed by atoms with van der Waals surface area (Å²) in [7, 11) is 0. The lowest BCUT2D eigenvalue weighted by Crippen LogP contribution is -1.84. The summed E-state index contributed by atoms with van der Waals surface area (Å²) in [5.41, 5.74) is 0.853. The van der Waals surface area contributed by atoms with Crippen LogP contribution in [0.1, 0.15) is 5.56 Å². The third kappa shape index (κ3) is 1.38. The van der Waals surface area contributed by atoms with Crippen molar-refractivity contribution in [3.05, 3.63) is 40.1 Å². The average molecular weight is 255 g/mol. The van der Waals surface area contributed by atoms with Crippen LogP contribution in [0.2, 0.25) is 0 Å². The summed E-state index contributed by atoms with van der Waals surface area (Å²) in [6, 6.07) is 6.27. The van der Waals surface area contributed by atoms with Crippen LogP contribution in [0.25, 0.3) is 10.8 Å². The third-order valence-electron chi connectivity index (χ3n) is 2.19. The highest BCUT2D eigenvalue weighted by Crippen LogP contribution is 2.32. The second-order valence-electron chi connectivity index (χ2n) is 3.22. The van der Waals surface area contributed by atoms with Crippen molar-refractivity contribution in [2.45, 2.75) is 6.92 Å². The van der Waals surface area contributed by atoms with Crippen LogP contribution in [0.5, 0.6) is 5.75 Å². The molecule has 0 aromatic heterocycles. The Morgan fingerprint density at radius 2 is 2.00 bits per heavy atom. The van der Waals surface area contributed by atoms with Crippen molar-refractivity contribution in [1.29, 1.82) is 0 Å². The van der Waals surface area contributed by atoms with Gasteiger partial charge in [-0.2, -0.15) is 0 Å². The van der Waals surface area contributed by atoms with E-state index in [0.29, 0.717) is 4.47 Å². The molecule has 0 atom stereocenters. The van der Waals surface area contributed by atoms with Crippen molar-refractivity contribution < 1.29 is 9.50 Å². The van der Waals surface area contributed by atoms with Crippen LogP contribution >= 0.6 is 15.9 Å².